The van der Waals surface area contributed by atoms with Crippen molar-refractivity contribution in [2.75, 3.05) is 11.9 Å². The second kappa shape index (κ2) is 6.25. The van der Waals surface area contributed by atoms with Crippen molar-refractivity contribution in [3.05, 3.63) is 24.3 Å². The fraction of sp³-hybridized carbons (Fsp3) is 0.462. The van der Waals surface area contributed by atoms with E-state index < -0.39 is 6.04 Å². The molecule has 0 aromatic heterocycles. The number of nitrogens with one attached hydrogen (secondary N) is 1. The first kappa shape index (κ1) is 13.5. The molecule has 0 aliphatic carbocycles. The maximum atomic E-state index is 11.7. The molecule has 0 heterocycles. The standard InChI is InChI=1S/C13H20N2O2/c1-4-17-11-7-5-6-10(8-11)15-13(16)12(14)9(2)3/h5-9,12H,4,14H2,1-3H3,(H,15,16)/t12-/m0/s1. The third kappa shape index (κ3) is 4.07. The molecule has 4 nitrogen and oxygen atoms in total. The van der Waals surface area contributed by atoms with Crippen LogP contribution in [0.2, 0.25) is 0 Å². The van der Waals surface area contributed by atoms with Gasteiger partial charge < -0.3 is 15.8 Å². The quantitative estimate of drug-likeness (QED) is 0.822. The van der Waals surface area contributed by atoms with E-state index in [1.54, 1.807) is 6.07 Å². The predicted molar refractivity (Wildman–Crippen MR) is 69.1 cm³/mol. The van der Waals surface area contributed by atoms with E-state index in [1.807, 2.05) is 39.0 Å². The van der Waals surface area contributed by atoms with E-state index in [0.29, 0.717) is 12.3 Å². The normalized spacial score (nSPS) is 12.3. The summed E-state index contributed by atoms with van der Waals surface area (Å²) in [6.07, 6.45) is 0. The van der Waals surface area contributed by atoms with Crippen LogP contribution in [-0.4, -0.2) is 18.6 Å². The molecule has 0 radical (unpaired) electrons. The number of hydrogen-bond donors (Lipinski definition) is 2. The van der Waals surface area contributed by atoms with Crippen LogP contribution >= 0.6 is 0 Å². The van der Waals surface area contributed by atoms with E-state index in [9.17, 15) is 4.79 Å². The third-order valence-electron chi connectivity index (χ3n) is 2.43. The first-order chi connectivity index (χ1) is 8.04. The van der Waals surface area contributed by atoms with Gasteiger partial charge in [-0.05, 0) is 25.0 Å². The molecule has 0 bridgehead atoms. The third-order valence-corrected chi connectivity index (χ3v) is 2.43. The molecule has 1 amide bonds. The minimum atomic E-state index is -0.495. The highest BCUT2D eigenvalue weighted by Gasteiger charge is 2.17. The van der Waals surface area contributed by atoms with Gasteiger partial charge in [0.25, 0.3) is 0 Å². The van der Waals surface area contributed by atoms with Crippen molar-refractivity contribution in [2.45, 2.75) is 26.8 Å². The molecule has 3 N–H and O–H groups in total. The van der Waals surface area contributed by atoms with Gasteiger partial charge >= 0.3 is 0 Å². The first-order valence-corrected chi connectivity index (χ1v) is 5.84. The highest BCUT2D eigenvalue weighted by atomic mass is 16.5. The summed E-state index contributed by atoms with van der Waals surface area (Å²) in [4.78, 5) is 11.7. The van der Waals surface area contributed by atoms with Gasteiger partial charge in [-0.25, -0.2) is 0 Å². The molecule has 4 heteroatoms. The SMILES string of the molecule is CCOc1cccc(NC(=O)[C@@H](N)C(C)C)c1. The molecule has 0 spiro atoms. The number of amides is 1. The number of hydrogen-bond acceptors (Lipinski definition) is 3. The Morgan fingerprint density at radius 3 is 2.76 bits per heavy atom. The van der Waals surface area contributed by atoms with Crippen molar-refractivity contribution >= 4 is 11.6 Å². The maximum Gasteiger partial charge on any atom is 0.241 e. The lowest BCUT2D eigenvalue weighted by molar-refractivity contribution is -0.118. The molecule has 0 aliphatic rings. The second-order valence-electron chi connectivity index (χ2n) is 4.22. The van der Waals surface area contributed by atoms with E-state index in [1.165, 1.54) is 0 Å². The minimum Gasteiger partial charge on any atom is -0.494 e. The lowest BCUT2D eigenvalue weighted by Crippen LogP contribution is -2.39. The van der Waals surface area contributed by atoms with Crippen molar-refractivity contribution in [2.24, 2.45) is 11.7 Å². The maximum absolute atomic E-state index is 11.7. The highest BCUT2D eigenvalue weighted by Crippen LogP contribution is 2.17. The van der Waals surface area contributed by atoms with E-state index in [0.717, 1.165) is 5.75 Å². The summed E-state index contributed by atoms with van der Waals surface area (Å²) < 4.78 is 5.35. The zero-order chi connectivity index (χ0) is 12.8. The van der Waals surface area contributed by atoms with E-state index in [2.05, 4.69) is 5.32 Å². The van der Waals surface area contributed by atoms with Crippen molar-refractivity contribution in [1.29, 1.82) is 0 Å². The lowest BCUT2D eigenvalue weighted by Gasteiger charge is -2.15. The van der Waals surface area contributed by atoms with Gasteiger partial charge in [0.2, 0.25) is 5.91 Å². The molecule has 0 saturated heterocycles. The van der Waals surface area contributed by atoms with E-state index in [-0.39, 0.29) is 11.8 Å². The predicted octanol–water partition coefficient (Wildman–Crippen LogP) is 2.01. The highest BCUT2D eigenvalue weighted by molar-refractivity contribution is 5.94. The molecule has 1 atom stereocenters. The topological polar surface area (TPSA) is 64.3 Å². The van der Waals surface area contributed by atoms with Gasteiger partial charge in [0.1, 0.15) is 5.75 Å². The van der Waals surface area contributed by atoms with Gasteiger partial charge in [0.05, 0.1) is 12.6 Å². The molecule has 0 aliphatic heterocycles. The summed E-state index contributed by atoms with van der Waals surface area (Å²) in [5.41, 5.74) is 6.47. The van der Waals surface area contributed by atoms with Crippen LogP contribution in [0, 0.1) is 5.92 Å². The fourth-order valence-electron chi connectivity index (χ4n) is 1.36. The van der Waals surface area contributed by atoms with Gasteiger partial charge in [-0.1, -0.05) is 19.9 Å². The fourth-order valence-corrected chi connectivity index (χ4v) is 1.36. The summed E-state index contributed by atoms with van der Waals surface area (Å²) >= 11 is 0. The molecule has 17 heavy (non-hydrogen) atoms. The Hall–Kier alpha value is -1.55. The number of ether oxygens (including phenoxy) is 1. The molecular formula is C13H20N2O2. The largest absolute Gasteiger partial charge is 0.494 e. The van der Waals surface area contributed by atoms with Crippen molar-refractivity contribution in [3.8, 4) is 5.75 Å². The van der Waals surface area contributed by atoms with Gasteiger partial charge in [-0.2, -0.15) is 0 Å². The number of carbonyl (C=O) groups is 1. The van der Waals surface area contributed by atoms with E-state index in [4.69, 9.17) is 10.5 Å². The number of nitrogens with two attached hydrogens (primary N) is 1. The van der Waals surface area contributed by atoms with Gasteiger partial charge in [-0.3, -0.25) is 4.79 Å². The zero-order valence-corrected chi connectivity index (χ0v) is 10.6. The smallest absolute Gasteiger partial charge is 0.241 e. The average Bonchev–Trinajstić information content (AvgIpc) is 2.28. The Morgan fingerprint density at radius 2 is 2.18 bits per heavy atom. The number of carbonyl (C=O) groups excluding carboxylic acids is 1. The minimum absolute atomic E-state index is 0.116. The Balaban J connectivity index is 2.68. The van der Waals surface area contributed by atoms with Crippen molar-refractivity contribution in [3.63, 3.8) is 0 Å². The molecule has 1 aromatic carbocycles. The van der Waals surface area contributed by atoms with Crippen LogP contribution in [0.15, 0.2) is 24.3 Å². The lowest BCUT2D eigenvalue weighted by atomic mass is 10.0. The van der Waals surface area contributed by atoms with Crippen LogP contribution in [0.1, 0.15) is 20.8 Å². The van der Waals surface area contributed by atoms with Gasteiger partial charge in [-0.15, -0.1) is 0 Å². The Labute approximate surface area is 102 Å². The van der Waals surface area contributed by atoms with E-state index >= 15 is 0 Å². The first-order valence-electron chi connectivity index (χ1n) is 5.84. The zero-order valence-electron chi connectivity index (χ0n) is 10.6. The van der Waals surface area contributed by atoms with Crippen LogP contribution in [0.3, 0.4) is 0 Å². The summed E-state index contributed by atoms with van der Waals surface area (Å²) in [5, 5.41) is 2.78. The van der Waals surface area contributed by atoms with Gasteiger partial charge in [0.15, 0.2) is 0 Å². The summed E-state index contributed by atoms with van der Waals surface area (Å²) in [6.45, 7) is 6.35. The Bertz CT molecular complexity index is 377. The molecule has 94 valence electrons. The summed E-state index contributed by atoms with van der Waals surface area (Å²) in [5.74, 6) is 0.683. The van der Waals surface area contributed by atoms with Crippen LogP contribution in [-0.2, 0) is 4.79 Å². The van der Waals surface area contributed by atoms with Crippen LogP contribution < -0.4 is 15.8 Å². The average molecular weight is 236 g/mol. The van der Waals surface area contributed by atoms with Crippen molar-refractivity contribution in [1.82, 2.24) is 0 Å². The summed E-state index contributed by atoms with van der Waals surface area (Å²) in [7, 11) is 0. The molecule has 0 unspecified atom stereocenters. The molecule has 0 fully saturated rings. The monoisotopic (exact) mass is 236 g/mol. The number of benzene rings is 1. The van der Waals surface area contributed by atoms with Crippen LogP contribution in [0.25, 0.3) is 0 Å². The summed E-state index contributed by atoms with van der Waals surface area (Å²) in [6, 6.07) is 6.79. The van der Waals surface area contributed by atoms with Gasteiger partial charge in [0, 0.05) is 11.8 Å². The Kier molecular flexibility index (Phi) is 4.97. The number of rotatable bonds is 5. The van der Waals surface area contributed by atoms with Crippen LogP contribution in [0.4, 0.5) is 5.69 Å². The van der Waals surface area contributed by atoms with Crippen LogP contribution in [0.5, 0.6) is 5.75 Å². The molecule has 1 rings (SSSR count). The molecule has 1 aromatic rings. The second-order valence-corrected chi connectivity index (χ2v) is 4.22. The van der Waals surface area contributed by atoms with Crippen molar-refractivity contribution < 1.29 is 9.53 Å². The number of anilines is 1. The molecular weight excluding hydrogens is 216 g/mol. The molecule has 0 saturated carbocycles. The Morgan fingerprint density at radius 1 is 1.47 bits per heavy atom.